The molecule has 64 valence electrons. The summed E-state index contributed by atoms with van der Waals surface area (Å²) in [5.74, 6) is 1.59. The lowest BCUT2D eigenvalue weighted by Crippen LogP contribution is -2.18. The summed E-state index contributed by atoms with van der Waals surface area (Å²) in [4.78, 5) is 0. The van der Waals surface area contributed by atoms with Crippen LogP contribution in [0.1, 0.15) is 39.0 Å². The van der Waals surface area contributed by atoms with E-state index in [2.05, 4.69) is 13.5 Å². The molecule has 0 atom stereocenters. The number of hydrogen-bond acceptors (Lipinski definition) is 1. The van der Waals surface area contributed by atoms with Gasteiger partial charge in [-0.1, -0.05) is 19.9 Å². The first-order chi connectivity index (χ1) is 5.24. The summed E-state index contributed by atoms with van der Waals surface area (Å²) in [7, 11) is 0. The van der Waals surface area contributed by atoms with Crippen molar-refractivity contribution in [2.75, 3.05) is 0 Å². The maximum Gasteiger partial charge on any atom is 0.00390 e. The molecule has 0 unspecified atom stereocenters. The first kappa shape index (κ1) is 8.63. The molecule has 0 spiro atoms. The van der Waals surface area contributed by atoms with Gasteiger partial charge < -0.3 is 5.73 Å². The smallest absolute Gasteiger partial charge is 0.00390 e. The Kier molecular flexibility index (Phi) is 2.98. The van der Waals surface area contributed by atoms with E-state index in [0.717, 1.165) is 11.6 Å². The summed E-state index contributed by atoms with van der Waals surface area (Å²) in [5, 5.41) is 0. The summed E-state index contributed by atoms with van der Waals surface area (Å²) < 4.78 is 0. The molecule has 1 saturated carbocycles. The molecule has 1 heteroatoms. The zero-order chi connectivity index (χ0) is 8.27. The van der Waals surface area contributed by atoms with E-state index < -0.39 is 0 Å². The maximum absolute atomic E-state index is 5.66. The van der Waals surface area contributed by atoms with Gasteiger partial charge in [0.25, 0.3) is 0 Å². The predicted octanol–water partition coefficient (Wildman–Crippen LogP) is 2.68. The van der Waals surface area contributed by atoms with Crippen LogP contribution in [-0.4, -0.2) is 0 Å². The van der Waals surface area contributed by atoms with Gasteiger partial charge in [0, 0.05) is 5.70 Å². The first-order valence-corrected chi connectivity index (χ1v) is 4.68. The zero-order valence-corrected chi connectivity index (χ0v) is 7.47. The average Bonchev–Trinajstić information content (AvgIpc) is 2.05. The molecule has 0 bridgehead atoms. The van der Waals surface area contributed by atoms with E-state index in [-0.39, 0.29) is 0 Å². The molecule has 0 radical (unpaired) electrons. The number of allylic oxidation sites excluding steroid dienone is 1. The fourth-order valence-corrected chi connectivity index (χ4v) is 1.94. The number of nitrogens with two attached hydrogens (primary N) is 1. The fraction of sp³-hybridized carbons (Fsp3) is 0.800. The van der Waals surface area contributed by atoms with Gasteiger partial charge in [0.15, 0.2) is 0 Å². The fourth-order valence-electron chi connectivity index (χ4n) is 1.94. The summed E-state index contributed by atoms with van der Waals surface area (Å²) in [6.45, 7) is 6.09. The van der Waals surface area contributed by atoms with E-state index >= 15 is 0 Å². The summed E-state index contributed by atoms with van der Waals surface area (Å²) in [6.07, 6.45) is 6.60. The Labute approximate surface area is 69.7 Å². The second kappa shape index (κ2) is 3.80. The predicted molar refractivity (Wildman–Crippen MR) is 49.1 cm³/mol. The van der Waals surface area contributed by atoms with Gasteiger partial charge in [-0.3, -0.25) is 0 Å². The molecule has 1 nitrogen and oxygen atoms in total. The standard InChI is InChI=1S/C10H19N/c1-3-9-4-6-10(7-5-9)8(2)11/h9-10H,2-7,11H2,1H3. The highest BCUT2D eigenvalue weighted by Gasteiger charge is 2.20. The van der Waals surface area contributed by atoms with Gasteiger partial charge in [0.1, 0.15) is 0 Å². The summed E-state index contributed by atoms with van der Waals surface area (Å²) in [6, 6.07) is 0. The minimum Gasteiger partial charge on any atom is -0.402 e. The van der Waals surface area contributed by atoms with Crippen molar-refractivity contribution in [3.8, 4) is 0 Å². The third-order valence-electron chi connectivity index (χ3n) is 2.95. The second-order valence-electron chi connectivity index (χ2n) is 3.70. The third-order valence-corrected chi connectivity index (χ3v) is 2.95. The molecular formula is C10H19N. The molecule has 2 N–H and O–H groups in total. The quantitative estimate of drug-likeness (QED) is 0.648. The number of rotatable bonds is 2. The Bertz CT molecular complexity index is 132. The monoisotopic (exact) mass is 153 g/mol. The van der Waals surface area contributed by atoms with Gasteiger partial charge in [-0.05, 0) is 37.5 Å². The zero-order valence-electron chi connectivity index (χ0n) is 7.47. The highest BCUT2D eigenvalue weighted by Crippen LogP contribution is 2.32. The van der Waals surface area contributed by atoms with Gasteiger partial charge in [-0.25, -0.2) is 0 Å². The molecule has 0 aromatic heterocycles. The lowest BCUT2D eigenvalue weighted by molar-refractivity contribution is 0.294. The molecule has 1 rings (SSSR count). The van der Waals surface area contributed by atoms with Crippen LogP contribution >= 0.6 is 0 Å². The first-order valence-electron chi connectivity index (χ1n) is 4.68. The molecule has 11 heavy (non-hydrogen) atoms. The van der Waals surface area contributed by atoms with Crippen LogP contribution < -0.4 is 5.73 Å². The molecule has 0 aliphatic heterocycles. The van der Waals surface area contributed by atoms with Crippen molar-refractivity contribution < 1.29 is 0 Å². The maximum atomic E-state index is 5.66. The Morgan fingerprint density at radius 2 is 1.91 bits per heavy atom. The summed E-state index contributed by atoms with van der Waals surface area (Å²) in [5.41, 5.74) is 6.56. The minimum atomic E-state index is 0.623. The SMILES string of the molecule is C=C(N)C1CCC(CC)CC1. The molecule has 0 aromatic carbocycles. The Morgan fingerprint density at radius 1 is 1.36 bits per heavy atom. The topological polar surface area (TPSA) is 26.0 Å². The van der Waals surface area contributed by atoms with Crippen LogP contribution in [-0.2, 0) is 0 Å². The second-order valence-corrected chi connectivity index (χ2v) is 3.70. The average molecular weight is 153 g/mol. The van der Waals surface area contributed by atoms with Crippen LogP contribution in [0.2, 0.25) is 0 Å². The van der Waals surface area contributed by atoms with E-state index in [9.17, 15) is 0 Å². The van der Waals surface area contributed by atoms with Crippen molar-refractivity contribution in [1.29, 1.82) is 0 Å². The minimum absolute atomic E-state index is 0.623. The van der Waals surface area contributed by atoms with E-state index in [1.54, 1.807) is 0 Å². The number of hydrogen-bond donors (Lipinski definition) is 1. The van der Waals surface area contributed by atoms with Crippen molar-refractivity contribution in [2.45, 2.75) is 39.0 Å². The van der Waals surface area contributed by atoms with Crippen molar-refractivity contribution in [2.24, 2.45) is 17.6 Å². The van der Waals surface area contributed by atoms with Crippen molar-refractivity contribution in [3.63, 3.8) is 0 Å². The lowest BCUT2D eigenvalue weighted by atomic mass is 9.80. The highest BCUT2D eigenvalue weighted by molar-refractivity contribution is 4.96. The van der Waals surface area contributed by atoms with Gasteiger partial charge in [-0.15, -0.1) is 0 Å². The Balaban J connectivity index is 2.30. The molecule has 1 aliphatic rings. The van der Waals surface area contributed by atoms with Crippen LogP contribution in [0.25, 0.3) is 0 Å². The largest absolute Gasteiger partial charge is 0.402 e. The van der Waals surface area contributed by atoms with Crippen molar-refractivity contribution >= 4 is 0 Å². The van der Waals surface area contributed by atoms with Gasteiger partial charge in [-0.2, -0.15) is 0 Å². The van der Waals surface area contributed by atoms with E-state index in [1.165, 1.54) is 32.1 Å². The van der Waals surface area contributed by atoms with Crippen molar-refractivity contribution in [3.05, 3.63) is 12.3 Å². The van der Waals surface area contributed by atoms with Crippen molar-refractivity contribution in [1.82, 2.24) is 0 Å². The third kappa shape index (κ3) is 2.25. The molecule has 0 heterocycles. The van der Waals surface area contributed by atoms with Crippen LogP contribution in [0, 0.1) is 11.8 Å². The van der Waals surface area contributed by atoms with Crippen LogP contribution in [0.4, 0.5) is 0 Å². The van der Waals surface area contributed by atoms with Crippen LogP contribution in [0.3, 0.4) is 0 Å². The van der Waals surface area contributed by atoms with E-state index in [1.807, 2.05) is 0 Å². The molecule has 1 fully saturated rings. The van der Waals surface area contributed by atoms with E-state index in [4.69, 9.17) is 5.73 Å². The molecule has 1 aliphatic carbocycles. The molecule has 0 saturated heterocycles. The van der Waals surface area contributed by atoms with Gasteiger partial charge >= 0.3 is 0 Å². The summed E-state index contributed by atoms with van der Waals surface area (Å²) >= 11 is 0. The van der Waals surface area contributed by atoms with Gasteiger partial charge in [0.05, 0.1) is 0 Å². The molecule has 0 aromatic rings. The lowest BCUT2D eigenvalue weighted by Gasteiger charge is -2.27. The Morgan fingerprint density at radius 3 is 2.27 bits per heavy atom. The normalized spacial score (nSPS) is 31.7. The molecular weight excluding hydrogens is 134 g/mol. The highest BCUT2D eigenvalue weighted by atomic mass is 14.6. The Hall–Kier alpha value is -0.460. The van der Waals surface area contributed by atoms with Crippen LogP contribution in [0.5, 0.6) is 0 Å². The van der Waals surface area contributed by atoms with Gasteiger partial charge in [0.2, 0.25) is 0 Å². The molecule has 0 amide bonds. The van der Waals surface area contributed by atoms with E-state index in [0.29, 0.717) is 5.92 Å². The van der Waals surface area contributed by atoms with Crippen LogP contribution in [0.15, 0.2) is 12.3 Å².